The second kappa shape index (κ2) is 4.03. The van der Waals surface area contributed by atoms with Gasteiger partial charge in [0.1, 0.15) is 0 Å². The van der Waals surface area contributed by atoms with E-state index < -0.39 is 15.8 Å². The molecule has 0 amide bonds. The minimum Gasteiger partial charge on any atom is -0.264 e. The van der Waals surface area contributed by atoms with E-state index in [0.29, 0.717) is 12.8 Å². The van der Waals surface area contributed by atoms with Gasteiger partial charge < -0.3 is 0 Å². The predicted molar refractivity (Wildman–Crippen MR) is 52.9 cm³/mol. The highest BCUT2D eigenvalue weighted by Crippen LogP contribution is 2.42. The highest BCUT2D eigenvalue weighted by molar-refractivity contribution is 6.67. The molecule has 0 saturated heterocycles. The smallest absolute Gasteiger partial charge is 0.223 e. The maximum absolute atomic E-state index is 10.6. The van der Waals surface area contributed by atoms with Crippen molar-refractivity contribution in [2.24, 2.45) is 5.92 Å². The quantitative estimate of drug-likeness (QED) is 0.308. The van der Waals surface area contributed by atoms with Crippen LogP contribution in [0.4, 0.5) is 0 Å². The minimum absolute atomic E-state index is 0.339. The largest absolute Gasteiger partial charge is 0.264 e. The second-order valence-electron chi connectivity index (χ2n) is 2.94. The molecular weight excluding hydrogens is 236 g/mol. The number of hydrogen-bond acceptors (Lipinski definition) is 2. The van der Waals surface area contributed by atoms with Crippen LogP contribution in [0.15, 0.2) is 12.2 Å². The summed E-state index contributed by atoms with van der Waals surface area (Å²) in [7, 11) is 0. The third-order valence-corrected chi connectivity index (χ3v) is 2.93. The van der Waals surface area contributed by atoms with Gasteiger partial charge in [-0.05, 0) is 6.42 Å². The zero-order valence-electron chi connectivity index (χ0n) is 6.62. The fourth-order valence-electron chi connectivity index (χ4n) is 1.38. The van der Waals surface area contributed by atoms with Crippen LogP contribution >= 0.6 is 34.8 Å². The van der Waals surface area contributed by atoms with Gasteiger partial charge in [0.2, 0.25) is 6.04 Å². The number of halogens is 3. The van der Waals surface area contributed by atoms with Crippen LogP contribution in [0.3, 0.4) is 0 Å². The fraction of sp³-hybridized carbons (Fsp3) is 0.714. The number of rotatable bonds is 1. The lowest BCUT2D eigenvalue weighted by molar-refractivity contribution is -0.531. The monoisotopic (exact) mass is 243 g/mol. The molecule has 0 saturated carbocycles. The summed E-state index contributed by atoms with van der Waals surface area (Å²) in [4.78, 5) is 10.2. The molecule has 74 valence electrons. The Balaban J connectivity index is 2.81. The van der Waals surface area contributed by atoms with E-state index in [0.717, 1.165) is 0 Å². The van der Waals surface area contributed by atoms with Gasteiger partial charge in [-0.25, -0.2) is 0 Å². The first-order valence-corrected chi connectivity index (χ1v) is 4.91. The Morgan fingerprint density at radius 3 is 2.23 bits per heavy atom. The van der Waals surface area contributed by atoms with Crippen LogP contribution in [0.2, 0.25) is 0 Å². The average Bonchev–Trinajstić information content (AvgIpc) is 2.03. The molecule has 0 radical (unpaired) electrons. The fourth-order valence-corrected chi connectivity index (χ4v) is 2.09. The lowest BCUT2D eigenvalue weighted by Gasteiger charge is -2.27. The summed E-state index contributed by atoms with van der Waals surface area (Å²) in [5.74, 6) is -0.530. The summed E-state index contributed by atoms with van der Waals surface area (Å²) in [5.41, 5.74) is 0. The Morgan fingerprint density at radius 1 is 1.31 bits per heavy atom. The molecule has 3 nitrogen and oxygen atoms in total. The molecule has 6 heteroatoms. The van der Waals surface area contributed by atoms with Crippen molar-refractivity contribution in [1.82, 2.24) is 0 Å². The van der Waals surface area contributed by atoms with Crippen LogP contribution in [-0.2, 0) is 0 Å². The molecule has 0 aromatic carbocycles. The molecule has 1 aliphatic rings. The zero-order chi connectivity index (χ0) is 10.1. The summed E-state index contributed by atoms with van der Waals surface area (Å²) in [6, 6.07) is -0.780. The maximum Gasteiger partial charge on any atom is 0.223 e. The van der Waals surface area contributed by atoms with Gasteiger partial charge in [-0.15, -0.1) is 0 Å². The first kappa shape index (κ1) is 11.1. The van der Waals surface area contributed by atoms with Crippen LogP contribution in [0.25, 0.3) is 0 Å². The zero-order valence-corrected chi connectivity index (χ0v) is 8.89. The van der Waals surface area contributed by atoms with Crippen LogP contribution in [0.1, 0.15) is 12.8 Å². The van der Waals surface area contributed by atoms with Crippen LogP contribution < -0.4 is 0 Å². The van der Waals surface area contributed by atoms with Crippen molar-refractivity contribution >= 4 is 34.8 Å². The van der Waals surface area contributed by atoms with Crippen molar-refractivity contribution in [3.05, 3.63) is 22.3 Å². The van der Waals surface area contributed by atoms with Gasteiger partial charge in [-0.3, -0.25) is 10.1 Å². The van der Waals surface area contributed by atoms with E-state index >= 15 is 0 Å². The van der Waals surface area contributed by atoms with Gasteiger partial charge in [0.25, 0.3) is 0 Å². The lowest BCUT2D eigenvalue weighted by Crippen LogP contribution is -2.38. The number of alkyl halides is 3. The summed E-state index contributed by atoms with van der Waals surface area (Å²) >= 11 is 16.9. The molecule has 0 bridgehead atoms. The first-order chi connectivity index (χ1) is 5.93. The van der Waals surface area contributed by atoms with E-state index in [1.165, 1.54) is 0 Å². The third-order valence-electron chi connectivity index (χ3n) is 2.09. The van der Waals surface area contributed by atoms with Gasteiger partial charge in [0.05, 0.1) is 5.92 Å². The third kappa shape index (κ3) is 2.73. The molecule has 0 heterocycles. The van der Waals surface area contributed by atoms with E-state index in [1.807, 2.05) is 6.08 Å². The maximum atomic E-state index is 10.6. The molecule has 0 aliphatic heterocycles. The molecule has 2 atom stereocenters. The molecule has 0 aromatic rings. The van der Waals surface area contributed by atoms with Gasteiger partial charge in [0.15, 0.2) is 3.79 Å². The van der Waals surface area contributed by atoms with E-state index in [2.05, 4.69) is 0 Å². The Kier molecular flexibility index (Phi) is 3.44. The van der Waals surface area contributed by atoms with E-state index in [1.54, 1.807) is 6.08 Å². The first-order valence-electron chi connectivity index (χ1n) is 3.78. The summed E-state index contributed by atoms with van der Waals surface area (Å²) in [6.45, 7) is 0. The standard InChI is InChI=1S/C7H8Cl3NO2/c8-7(9,10)5-3-1-2-4-6(5)11(12)13/h1-2,5-6H,3-4H2. The molecule has 0 aromatic heterocycles. The van der Waals surface area contributed by atoms with Gasteiger partial charge in [0, 0.05) is 11.3 Å². The Hall–Kier alpha value is 0.01000. The second-order valence-corrected chi connectivity index (χ2v) is 5.31. The molecule has 0 spiro atoms. The average molecular weight is 245 g/mol. The Labute approximate surface area is 90.8 Å². The highest BCUT2D eigenvalue weighted by Gasteiger charge is 2.44. The molecule has 1 aliphatic carbocycles. The normalized spacial score (nSPS) is 28.8. The van der Waals surface area contributed by atoms with E-state index in [9.17, 15) is 10.1 Å². The number of hydrogen-bond donors (Lipinski definition) is 0. The van der Waals surface area contributed by atoms with Crippen molar-refractivity contribution in [3.8, 4) is 0 Å². The minimum atomic E-state index is -1.55. The molecule has 2 unspecified atom stereocenters. The van der Waals surface area contributed by atoms with Gasteiger partial charge >= 0.3 is 0 Å². The molecule has 1 rings (SSSR count). The molecule has 0 N–H and O–H groups in total. The van der Waals surface area contributed by atoms with Crippen molar-refractivity contribution in [1.29, 1.82) is 0 Å². The SMILES string of the molecule is O=[N+]([O-])C1CC=CCC1C(Cl)(Cl)Cl. The van der Waals surface area contributed by atoms with Crippen LogP contribution in [0, 0.1) is 16.0 Å². The van der Waals surface area contributed by atoms with Crippen molar-refractivity contribution in [2.45, 2.75) is 22.7 Å². The Morgan fingerprint density at radius 2 is 1.85 bits per heavy atom. The molecule has 13 heavy (non-hydrogen) atoms. The van der Waals surface area contributed by atoms with Crippen molar-refractivity contribution in [2.75, 3.05) is 0 Å². The number of nitrogens with zero attached hydrogens (tertiary/aromatic N) is 1. The van der Waals surface area contributed by atoms with Crippen LogP contribution in [0.5, 0.6) is 0 Å². The van der Waals surface area contributed by atoms with E-state index in [-0.39, 0.29) is 4.92 Å². The predicted octanol–water partition coefficient (Wildman–Crippen LogP) is 2.97. The number of nitro groups is 1. The van der Waals surface area contributed by atoms with Gasteiger partial charge in [-0.2, -0.15) is 0 Å². The van der Waals surface area contributed by atoms with E-state index in [4.69, 9.17) is 34.8 Å². The Bertz CT molecular complexity index is 236. The number of allylic oxidation sites excluding steroid dienone is 1. The van der Waals surface area contributed by atoms with Crippen molar-refractivity contribution in [3.63, 3.8) is 0 Å². The molecule has 0 fully saturated rings. The summed E-state index contributed by atoms with van der Waals surface area (Å²) < 4.78 is -1.55. The van der Waals surface area contributed by atoms with Gasteiger partial charge in [-0.1, -0.05) is 47.0 Å². The molecular formula is C7H8Cl3NO2. The summed E-state index contributed by atoms with van der Waals surface area (Å²) in [5, 5.41) is 10.6. The highest BCUT2D eigenvalue weighted by atomic mass is 35.6. The lowest BCUT2D eigenvalue weighted by atomic mass is 9.91. The topological polar surface area (TPSA) is 43.1 Å². The van der Waals surface area contributed by atoms with Crippen molar-refractivity contribution < 1.29 is 4.92 Å². The summed E-state index contributed by atoms with van der Waals surface area (Å²) in [6.07, 6.45) is 4.35. The van der Waals surface area contributed by atoms with Crippen LogP contribution in [-0.4, -0.2) is 14.8 Å².